The fourth-order valence-corrected chi connectivity index (χ4v) is 1.59. The van der Waals surface area contributed by atoms with Gasteiger partial charge >= 0.3 is 0 Å². The number of hydrogen-bond donors (Lipinski definition) is 2. The van der Waals surface area contributed by atoms with E-state index >= 15 is 0 Å². The molecule has 3 nitrogen and oxygen atoms in total. The van der Waals surface area contributed by atoms with Gasteiger partial charge in [0, 0.05) is 6.54 Å². The van der Waals surface area contributed by atoms with Crippen molar-refractivity contribution in [1.29, 1.82) is 0 Å². The van der Waals surface area contributed by atoms with Crippen LogP contribution in [0.2, 0.25) is 0 Å². The van der Waals surface area contributed by atoms with Gasteiger partial charge in [-0.15, -0.1) is 12.4 Å². The highest BCUT2D eigenvalue weighted by atomic mass is 35.5. The number of rotatable bonds is 6. The highest BCUT2D eigenvalue weighted by Crippen LogP contribution is 2.06. The second-order valence-corrected chi connectivity index (χ2v) is 4.03. The third-order valence-electron chi connectivity index (χ3n) is 2.59. The number of carbonyl (C=O) groups excluding carboxylic acids is 1. The zero-order chi connectivity index (χ0) is 12.7. The topological polar surface area (TPSA) is 55.1 Å². The maximum absolute atomic E-state index is 13.3. The minimum absolute atomic E-state index is 0. The molecule has 0 aliphatic rings. The lowest BCUT2D eigenvalue weighted by Gasteiger charge is -2.11. The first-order chi connectivity index (χ1) is 8.15. The lowest BCUT2D eigenvalue weighted by molar-refractivity contribution is -0.122. The minimum atomic E-state index is -0.458. The minimum Gasteiger partial charge on any atom is -0.354 e. The first-order valence-electron chi connectivity index (χ1n) is 5.91. The Morgan fingerprint density at radius 3 is 2.72 bits per heavy atom. The van der Waals surface area contributed by atoms with Gasteiger partial charge < -0.3 is 11.1 Å². The van der Waals surface area contributed by atoms with Crippen LogP contribution in [0.4, 0.5) is 4.39 Å². The van der Waals surface area contributed by atoms with E-state index in [0.29, 0.717) is 24.9 Å². The Labute approximate surface area is 113 Å². The van der Waals surface area contributed by atoms with Gasteiger partial charge in [0.15, 0.2) is 0 Å². The van der Waals surface area contributed by atoms with Gasteiger partial charge in [-0.3, -0.25) is 4.79 Å². The summed E-state index contributed by atoms with van der Waals surface area (Å²) >= 11 is 0. The zero-order valence-electron chi connectivity index (χ0n) is 10.5. The SMILES string of the molecule is CCCC(N)C(=O)NCCc1ccccc1F.Cl. The summed E-state index contributed by atoms with van der Waals surface area (Å²) in [6.45, 7) is 2.39. The summed E-state index contributed by atoms with van der Waals surface area (Å²) in [4.78, 5) is 11.5. The lowest BCUT2D eigenvalue weighted by Crippen LogP contribution is -2.41. The number of nitrogens with two attached hydrogens (primary N) is 1. The van der Waals surface area contributed by atoms with Crippen LogP contribution in [0, 0.1) is 5.82 Å². The molecule has 0 bridgehead atoms. The monoisotopic (exact) mass is 274 g/mol. The summed E-state index contributed by atoms with van der Waals surface area (Å²) < 4.78 is 13.3. The predicted molar refractivity (Wildman–Crippen MR) is 73.2 cm³/mol. The molecule has 1 unspecified atom stereocenters. The molecular formula is C13H20ClFN2O. The Bertz CT molecular complexity index is 374. The number of benzene rings is 1. The van der Waals surface area contributed by atoms with Gasteiger partial charge in [-0.25, -0.2) is 4.39 Å². The summed E-state index contributed by atoms with van der Waals surface area (Å²) in [7, 11) is 0. The van der Waals surface area contributed by atoms with Crippen molar-refractivity contribution in [3.05, 3.63) is 35.6 Å². The van der Waals surface area contributed by atoms with Crippen molar-refractivity contribution in [2.24, 2.45) is 5.73 Å². The zero-order valence-corrected chi connectivity index (χ0v) is 11.3. The second kappa shape index (κ2) is 8.89. The Hall–Kier alpha value is -1.13. The van der Waals surface area contributed by atoms with Crippen LogP contribution < -0.4 is 11.1 Å². The average Bonchev–Trinajstić information content (AvgIpc) is 2.31. The molecule has 0 spiro atoms. The lowest BCUT2D eigenvalue weighted by atomic mass is 10.1. The maximum atomic E-state index is 13.3. The largest absolute Gasteiger partial charge is 0.354 e. The Morgan fingerprint density at radius 2 is 2.11 bits per heavy atom. The average molecular weight is 275 g/mol. The predicted octanol–water partition coefficient (Wildman–Crippen LogP) is 2.03. The molecule has 18 heavy (non-hydrogen) atoms. The van der Waals surface area contributed by atoms with Crippen LogP contribution in [-0.4, -0.2) is 18.5 Å². The first kappa shape index (κ1) is 16.9. The van der Waals surface area contributed by atoms with E-state index in [9.17, 15) is 9.18 Å². The second-order valence-electron chi connectivity index (χ2n) is 4.03. The molecule has 3 N–H and O–H groups in total. The molecule has 1 aromatic carbocycles. The van der Waals surface area contributed by atoms with Crippen LogP contribution in [0.1, 0.15) is 25.3 Å². The quantitative estimate of drug-likeness (QED) is 0.834. The molecule has 1 atom stereocenters. The number of halogens is 2. The van der Waals surface area contributed by atoms with Gasteiger partial charge in [0.1, 0.15) is 5.82 Å². The van der Waals surface area contributed by atoms with Crippen LogP contribution in [-0.2, 0) is 11.2 Å². The van der Waals surface area contributed by atoms with E-state index in [1.54, 1.807) is 18.2 Å². The molecule has 0 aliphatic carbocycles. The summed E-state index contributed by atoms with van der Waals surface area (Å²) in [5, 5.41) is 2.71. The van der Waals surface area contributed by atoms with Crippen LogP contribution in [0.3, 0.4) is 0 Å². The van der Waals surface area contributed by atoms with E-state index < -0.39 is 6.04 Å². The van der Waals surface area contributed by atoms with Gasteiger partial charge in [0.25, 0.3) is 0 Å². The highest BCUT2D eigenvalue weighted by molar-refractivity contribution is 5.85. The molecular weight excluding hydrogens is 255 g/mol. The molecule has 102 valence electrons. The summed E-state index contributed by atoms with van der Waals surface area (Å²) in [6.07, 6.45) is 2.03. The maximum Gasteiger partial charge on any atom is 0.236 e. The van der Waals surface area contributed by atoms with Crippen molar-refractivity contribution in [2.45, 2.75) is 32.2 Å². The van der Waals surface area contributed by atoms with Gasteiger partial charge in [0.05, 0.1) is 6.04 Å². The van der Waals surface area contributed by atoms with Crippen molar-refractivity contribution in [2.75, 3.05) is 6.54 Å². The van der Waals surface area contributed by atoms with Crippen molar-refractivity contribution >= 4 is 18.3 Å². The molecule has 0 heterocycles. The number of carbonyl (C=O) groups is 1. The highest BCUT2D eigenvalue weighted by Gasteiger charge is 2.11. The third kappa shape index (κ3) is 5.47. The van der Waals surface area contributed by atoms with Gasteiger partial charge in [0.2, 0.25) is 5.91 Å². The third-order valence-corrected chi connectivity index (χ3v) is 2.59. The van der Waals surface area contributed by atoms with Crippen LogP contribution in [0.25, 0.3) is 0 Å². The van der Waals surface area contributed by atoms with Crippen molar-refractivity contribution in [3.8, 4) is 0 Å². The molecule has 0 aliphatic heterocycles. The molecule has 1 aromatic rings. The van der Waals surface area contributed by atoms with Crippen LogP contribution >= 0.6 is 12.4 Å². The standard InChI is InChI=1S/C13H19FN2O.ClH/c1-2-5-12(15)13(17)16-9-8-10-6-3-4-7-11(10)14;/h3-4,6-7,12H,2,5,8-9,15H2,1H3,(H,16,17);1H. The molecule has 1 rings (SSSR count). The molecule has 5 heteroatoms. The van der Waals surface area contributed by atoms with Crippen LogP contribution in [0.15, 0.2) is 24.3 Å². The van der Waals surface area contributed by atoms with E-state index in [2.05, 4.69) is 5.32 Å². The molecule has 1 amide bonds. The molecule has 0 radical (unpaired) electrons. The van der Waals surface area contributed by atoms with Crippen molar-refractivity contribution in [1.82, 2.24) is 5.32 Å². The van der Waals surface area contributed by atoms with E-state index in [0.717, 1.165) is 6.42 Å². The van der Waals surface area contributed by atoms with E-state index in [1.165, 1.54) is 6.07 Å². The van der Waals surface area contributed by atoms with Gasteiger partial charge in [-0.1, -0.05) is 31.5 Å². The molecule has 0 aromatic heterocycles. The van der Waals surface area contributed by atoms with Gasteiger partial charge in [-0.05, 0) is 24.5 Å². The van der Waals surface area contributed by atoms with Crippen molar-refractivity contribution in [3.63, 3.8) is 0 Å². The normalized spacial score (nSPS) is 11.5. The number of hydrogen-bond acceptors (Lipinski definition) is 2. The number of nitrogens with one attached hydrogen (secondary N) is 1. The van der Waals surface area contributed by atoms with Crippen LogP contribution in [0.5, 0.6) is 0 Å². The molecule has 0 saturated carbocycles. The van der Waals surface area contributed by atoms with E-state index in [4.69, 9.17) is 5.73 Å². The summed E-state index contributed by atoms with van der Waals surface area (Å²) in [6, 6.07) is 6.10. The first-order valence-corrected chi connectivity index (χ1v) is 5.91. The fraction of sp³-hybridized carbons (Fsp3) is 0.462. The number of amides is 1. The molecule has 0 saturated heterocycles. The molecule has 0 fully saturated rings. The van der Waals surface area contributed by atoms with Gasteiger partial charge in [-0.2, -0.15) is 0 Å². The Morgan fingerprint density at radius 1 is 1.44 bits per heavy atom. The summed E-state index contributed by atoms with van der Waals surface area (Å²) in [5.74, 6) is -0.400. The smallest absolute Gasteiger partial charge is 0.236 e. The summed E-state index contributed by atoms with van der Waals surface area (Å²) in [5.41, 5.74) is 6.26. The van der Waals surface area contributed by atoms with E-state index in [-0.39, 0.29) is 24.1 Å². The van der Waals surface area contributed by atoms with Crippen molar-refractivity contribution < 1.29 is 9.18 Å². The van der Waals surface area contributed by atoms with E-state index in [1.807, 2.05) is 6.92 Å². The fourth-order valence-electron chi connectivity index (χ4n) is 1.59. The Balaban J connectivity index is 0.00000289. The Kier molecular flexibility index (Phi) is 8.33.